The highest BCUT2D eigenvalue weighted by Gasteiger charge is 2.12. The summed E-state index contributed by atoms with van der Waals surface area (Å²) >= 11 is 12.9. The summed E-state index contributed by atoms with van der Waals surface area (Å²) in [5.41, 5.74) is 1.95. The smallest absolute Gasteiger partial charge is 0.191 e. The van der Waals surface area contributed by atoms with Crippen molar-refractivity contribution in [3.05, 3.63) is 74.9 Å². The van der Waals surface area contributed by atoms with Crippen LogP contribution in [0.25, 0.3) is 10.6 Å². The third-order valence-electron chi connectivity index (χ3n) is 4.11. The molecule has 2 aromatic carbocycles. The normalized spacial score (nSPS) is 11.0. The molecule has 2 aromatic heterocycles. The van der Waals surface area contributed by atoms with Crippen LogP contribution in [-0.2, 0) is 19.4 Å². The summed E-state index contributed by atoms with van der Waals surface area (Å²) in [7, 11) is 1.94. The lowest BCUT2D eigenvalue weighted by molar-refractivity contribution is 0.290. The SMILES string of the molecule is Cn1c(COc2ccc(Br)cc2)nnc1SCc1csc(-c2ccccc2Cl)n1. The standard InChI is InChI=1S/C20H16BrClN4OS2/c1-26-18(10-27-15-8-6-13(21)7-9-15)24-25-20(26)29-12-14-11-28-19(23-14)16-4-2-3-5-17(16)22/h2-9,11H,10,12H2,1H3. The molecule has 5 nitrogen and oxygen atoms in total. The predicted molar refractivity (Wildman–Crippen MR) is 122 cm³/mol. The molecule has 0 amide bonds. The first-order valence-corrected chi connectivity index (χ1v) is 11.7. The van der Waals surface area contributed by atoms with E-state index in [0.717, 1.165) is 37.5 Å². The van der Waals surface area contributed by atoms with Crippen molar-refractivity contribution in [2.24, 2.45) is 7.05 Å². The Morgan fingerprint density at radius 2 is 1.93 bits per heavy atom. The van der Waals surface area contributed by atoms with E-state index in [1.165, 1.54) is 0 Å². The number of nitrogens with zero attached hydrogens (tertiary/aromatic N) is 4. The lowest BCUT2D eigenvalue weighted by Crippen LogP contribution is -2.04. The lowest BCUT2D eigenvalue weighted by Gasteiger charge is -2.06. The van der Waals surface area contributed by atoms with Crippen LogP contribution in [0.5, 0.6) is 5.75 Å². The third kappa shape index (κ3) is 5.01. The molecule has 0 saturated carbocycles. The summed E-state index contributed by atoms with van der Waals surface area (Å²) in [6.07, 6.45) is 0. The van der Waals surface area contributed by atoms with Crippen molar-refractivity contribution in [2.45, 2.75) is 17.5 Å². The third-order valence-corrected chi connectivity index (χ3v) is 6.95. The monoisotopic (exact) mass is 506 g/mol. The van der Waals surface area contributed by atoms with Gasteiger partial charge >= 0.3 is 0 Å². The molecule has 0 unspecified atom stereocenters. The Hall–Kier alpha value is -1.87. The van der Waals surface area contributed by atoms with E-state index >= 15 is 0 Å². The van der Waals surface area contributed by atoms with Crippen molar-refractivity contribution in [3.8, 4) is 16.3 Å². The minimum Gasteiger partial charge on any atom is -0.486 e. The zero-order chi connectivity index (χ0) is 20.2. The average molecular weight is 508 g/mol. The minimum atomic E-state index is 0.360. The molecule has 0 saturated heterocycles. The molecule has 29 heavy (non-hydrogen) atoms. The largest absolute Gasteiger partial charge is 0.486 e. The number of ether oxygens (including phenoxy) is 1. The first kappa shape index (κ1) is 20.4. The number of rotatable bonds is 7. The Morgan fingerprint density at radius 1 is 1.14 bits per heavy atom. The van der Waals surface area contributed by atoms with Gasteiger partial charge in [0.05, 0.1) is 10.7 Å². The van der Waals surface area contributed by atoms with Crippen LogP contribution in [0.4, 0.5) is 0 Å². The van der Waals surface area contributed by atoms with Crippen molar-refractivity contribution >= 4 is 50.6 Å². The van der Waals surface area contributed by atoms with Gasteiger partial charge in [-0.3, -0.25) is 0 Å². The van der Waals surface area contributed by atoms with Crippen LogP contribution < -0.4 is 4.74 Å². The molecule has 0 N–H and O–H groups in total. The molecule has 9 heteroatoms. The van der Waals surface area contributed by atoms with Gasteiger partial charge in [-0.15, -0.1) is 21.5 Å². The van der Waals surface area contributed by atoms with Crippen molar-refractivity contribution < 1.29 is 4.74 Å². The molecular formula is C20H16BrClN4OS2. The Morgan fingerprint density at radius 3 is 2.72 bits per heavy atom. The number of thiazole rings is 1. The van der Waals surface area contributed by atoms with Gasteiger partial charge in [-0.05, 0) is 30.3 Å². The van der Waals surface area contributed by atoms with E-state index < -0.39 is 0 Å². The maximum atomic E-state index is 6.27. The topological polar surface area (TPSA) is 52.8 Å². The Kier molecular flexibility index (Phi) is 6.54. The fourth-order valence-corrected chi connectivity index (χ4v) is 4.88. The molecular weight excluding hydrogens is 492 g/mol. The van der Waals surface area contributed by atoms with Gasteiger partial charge in [-0.2, -0.15) is 0 Å². The summed E-state index contributed by atoms with van der Waals surface area (Å²) in [6, 6.07) is 15.5. The van der Waals surface area contributed by atoms with Crippen LogP contribution in [0.15, 0.2) is 63.5 Å². The summed E-state index contributed by atoms with van der Waals surface area (Å²) in [6.45, 7) is 0.360. The zero-order valence-corrected chi connectivity index (χ0v) is 19.4. The first-order chi connectivity index (χ1) is 14.1. The second-order valence-electron chi connectivity index (χ2n) is 6.11. The molecule has 0 fully saturated rings. The minimum absolute atomic E-state index is 0.360. The maximum Gasteiger partial charge on any atom is 0.191 e. The molecule has 0 bridgehead atoms. The number of benzene rings is 2. The lowest BCUT2D eigenvalue weighted by atomic mass is 10.2. The van der Waals surface area contributed by atoms with Gasteiger partial charge in [-0.1, -0.05) is 57.5 Å². The quantitative estimate of drug-likeness (QED) is 0.278. The summed E-state index contributed by atoms with van der Waals surface area (Å²) in [5.74, 6) is 2.27. The van der Waals surface area contributed by atoms with Crippen LogP contribution in [0.2, 0.25) is 5.02 Å². The second kappa shape index (κ2) is 9.30. The van der Waals surface area contributed by atoms with Gasteiger partial charge < -0.3 is 9.30 Å². The highest BCUT2D eigenvalue weighted by atomic mass is 79.9. The fourth-order valence-electron chi connectivity index (χ4n) is 2.55. The van der Waals surface area contributed by atoms with Gasteiger partial charge in [0.15, 0.2) is 11.0 Å². The van der Waals surface area contributed by atoms with Gasteiger partial charge in [-0.25, -0.2) is 4.98 Å². The molecule has 2 heterocycles. The van der Waals surface area contributed by atoms with Gasteiger partial charge in [0, 0.05) is 28.2 Å². The van der Waals surface area contributed by atoms with Gasteiger partial charge in [0.2, 0.25) is 0 Å². The second-order valence-corrected chi connectivity index (χ2v) is 9.24. The van der Waals surface area contributed by atoms with Gasteiger partial charge in [0.25, 0.3) is 0 Å². The van der Waals surface area contributed by atoms with E-state index in [9.17, 15) is 0 Å². The highest BCUT2D eigenvalue weighted by Crippen LogP contribution is 2.31. The zero-order valence-electron chi connectivity index (χ0n) is 15.4. The Labute approximate surface area is 190 Å². The maximum absolute atomic E-state index is 6.27. The summed E-state index contributed by atoms with van der Waals surface area (Å²) in [5, 5.41) is 13.0. The van der Waals surface area contributed by atoms with Crippen LogP contribution >= 0.6 is 50.6 Å². The Bertz CT molecular complexity index is 1110. The number of aromatic nitrogens is 4. The Balaban J connectivity index is 1.37. The summed E-state index contributed by atoms with van der Waals surface area (Å²) in [4.78, 5) is 4.70. The van der Waals surface area contributed by atoms with Crippen LogP contribution in [0.1, 0.15) is 11.5 Å². The van der Waals surface area contributed by atoms with E-state index in [1.54, 1.807) is 23.1 Å². The van der Waals surface area contributed by atoms with E-state index in [-0.39, 0.29) is 0 Å². The number of hydrogen-bond acceptors (Lipinski definition) is 6. The van der Waals surface area contributed by atoms with Crippen molar-refractivity contribution in [1.82, 2.24) is 19.7 Å². The fraction of sp³-hybridized carbons (Fsp3) is 0.150. The number of thioether (sulfide) groups is 1. The molecule has 4 rings (SSSR count). The molecule has 0 aliphatic heterocycles. The molecule has 0 spiro atoms. The van der Waals surface area contributed by atoms with E-state index in [0.29, 0.717) is 17.4 Å². The first-order valence-electron chi connectivity index (χ1n) is 8.69. The van der Waals surface area contributed by atoms with E-state index in [4.69, 9.17) is 21.3 Å². The molecule has 0 aliphatic carbocycles. The van der Waals surface area contributed by atoms with Crippen LogP contribution in [0, 0.1) is 0 Å². The van der Waals surface area contributed by atoms with Crippen LogP contribution in [0.3, 0.4) is 0 Å². The molecule has 0 radical (unpaired) electrons. The van der Waals surface area contributed by atoms with E-state index in [1.807, 2.05) is 60.1 Å². The van der Waals surface area contributed by atoms with Crippen LogP contribution in [-0.4, -0.2) is 19.7 Å². The average Bonchev–Trinajstić information content (AvgIpc) is 3.33. The molecule has 148 valence electrons. The number of hydrogen-bond donors (Lipinski definition) is 0. The van der Waals surface area contributed by atoms with Gasteiger partial charge in [0.1, 0.15) is 17.4 Å². The molecule has 0 atom stereocenters. The van der Waals surface area contributed by atoms with E-state index in [2.05, 4.69) is 31.5 Å². The molecule has 4 aromatic rings. The van der Waals surface area contributed by atoms with Crippen molar-refractivity contribution in [2.75, 3.05) is 0 Å². The van der Waals surface area contributed by atoms with Crippen molar-refractivity contribution in [3.63, 3.8) is 0 Å². The number of halogens is 2. The van der Waals surface area contributed by atoms with Crippen molar-refractivity contribution in [1.29, 1.82) is 0 Å². The molecule has 0 aliphatic rings. The predicted octanol–water partition coefficient (Wildman–Crippen LogP) is 6.23. The summed E-state index contributed by atoms with van der Waals surface area (Å²) < 4.78 is 8.76. The highest BCUT2D eigenvalue weighted by molar-refractivity contribution is 9.10.